The number of benzene rings is 2. The van der Waals surface area contributed by atoms with Gasteiger partial charge in [0, 0.05) is 17.3 Å². The fourth-order valence-corrected chi connectivity index (χ4v) is 2.26. The largest absolute Gasteiger partial charge is 0.244 e. The van der Waals surface area contributed by atoms with Crippen molar-refractivity contribution in [2.45, 2.75) is 0 Å². The predicted octanol–water partition coefficient (Wildman–Crippen LogP) is 4.57. The maximum Gasteiger partial charge on any atom is 0.148 e. The fourth-order valence-electron chi connectivity index (χ4n) is 2.26. The van der Waals surface area contributed by atoms with Gasteiger partial charge in [0.2, 0.25) is 0 Å². The lowest BCUT2D eigenvalue weighted by Crippen LogP contribution is -1.92. The topological polar surface area (TPSA) is 36.7 Å². The monoisotopic (exact) mass is 292 g/mol. The molecule has 2 aromatic carbocycles. The smallest absolute Gasteiger partial charge is 0.148 e. The number of nitrogens with zero attached hydrogens (tertiary/aromatic N) is 2. The Morgan fingerprint density at radius 3 is 2.09 bits per heavy atom. The van der Waals surface area contributed by atoms with Crippen molar-refractivity contribution < 1.29 is 8.78 Å². The van der Waals surface area contributed by atoms with E-state index in [0.717, 1.165) is 0 Å². The van der Waals surface area contributed by atoms with Gasteiger partial charge in [0.1, 0.15) is 23.4 Å². The minimum absolute atomic E-state index is 0.200. The van der Waals surface area contributed by atoms with E-state index in [0.29, 0.717) is 22.3 Å². The zero-order chi connectivity index (χ0) is 15.5. The zero-order valence-electron chi connectivity index (χ0n) is 11.4. The maximum atomic E-state index is 13.4. The van der Waals surface area contributed by atoms with E-state index in [1.54, 1.807) is 30.3 Å². The summed E-state index contributed by atoms with van der Waals surface area (Å²) in [6, 6.07) is 15.8. The third kappa shape index (κ3) is 2.70. The summed E-state index contributed by atoms with van der Waals surface area (Å²) in [4.78, 5) is 4.10. The highest BCUT2D eigenvalue weighted by atomic mass is 19.1. The molecule has 0 aliphatic rings. The number of hydrogen-bond acceptors (Lipinski definition) is 2. The van der Waals surface area contributed by atoms with E-state index < -0.39 is 5.82 Å². The van der Waals surface area contributed by atoms with Gasteiger partial charge in [-0.15, -0.1) is 0 Å². The van der Waals surface area contributed by atoms with E-state index in [-0.39, 0.29) is 11.5 Å². The normalized spacial score (nSPS) is 10.2. The molecule has 0 amide bonds. The van der Waals surface area contributed by atoms with E-state index in [4.69, 9.17) is 0 Å². The molecule has 0 atom stereocenters. The summed E-state index contributed by atoms with van der Waals surface area (Å²) < 4.78 is 26.8. The Bertz CT molecular complexity index is 882. The molecule has 0 aliphatic heterocycles. The fraction of sp³-hybridized carbons (Fsp3) is 0. The molecular formula is C18H10F2N2. The highest BCUT2D eigenvalue weighted by Crippen LogP contribution is 2.28. The SMILES string of the molecule is N#Cc1ncc(-c2cccc(F)c2)cc1-c1cccc(F)c1. The van der Waals surface area contributed by atoms with Gasteiger partial charge in [-0.3, -0.25) is 0 Å². The van der Waals surface area contributed by atoms with Crippen molar-refractivity contribution in [3.8, 4) is 28.3 Å². The highest BCUT2D eigenvalue weighted by Gasteiger charge is 2.10. The predicted molar refractivity (Wildman–Crippen MR) is 79.7 cm³/mol. The Hall–Kier alpha value is -3.06. The van der Waals surface area contributed by atoms with Crippen molar-refractivity contribution in [3.05, 3.63) is 78.1 Å². The molecule has 0 unspecified atom stereocenters. The molecular weight excluding hydrogens is 282 g/mol. The molecule has 3 rings (SSSR count). The van der Waals surface area contributed by atoms with Crippen LogP contribution in [0.4, 0.5) is 8.78 Å². The molecule has 1 aromatic heterocycles. The van der Waals surface area contributed by atoms with Gasteiger partial charge in [-0.2, -0.15) is 5.26 Å². The van der Waals surface area contributed by atoms with Crippen LogP contribution in [-0.4, -0.2) is 4.98 Å². The van der Waals surface area contributed by atoms with Gasteiger partial charge in [0.25, 0.3) is 0 Å². The number of hydrogen-bond donors (Lipinski definition) is 0. The highest BCUT2D eigenvalue weighted by molar-refractivity contribution is 5.75. The van der Waals surface area contributed by atoms with Crippen LogP contribution in [-0.2, 0) is 0 Å². The second kappa shape index (κ2) is 5.74. The molecule has 0 bridgehead atoms. The van der Waals surface area contributed by atoms with Crippen LogP contribution in [0.15, 0.2) is 60.8 Å². The third-order valence-corrected chi connectivity index (χ3v) is 3.29. The molecule has 0 saturated heterocycles. The summed E-state index contributed by atoms with van der Waals surface area (Å²) >= 11 is 0. The van der Waals surface area contributed by atoms with Gasteiger partial charge >= 0.3 is 0 Å². The minimum Gasteiger partial charge on any atom is -0.244 e. The van der Waals surface area contributed by atoms with Crippen LogP contribution in [0.2, 0.25) is 0 Å². The van der Waals surface area contributed by atoms with Crippen molar-refractivity contribution in [3.63, 3.8) is 0 Å². The van der Waals surface area contributed by atoms with E-state index in [1.807, 2.05) is 6.07 Å². The third-order valence-electron chi connectivity index (χ3n) is 3.29. The Kier molecular flexibility index (Phi) is 3.63. The van der Waals surface area contributed by atoms with Crippen LogP contribution in [0, 0.1) is 23.0 Å². The quantitative estimate of drug-likeness (QED) is 0.694. The molecule has 0 spiro atoms. The van der Waals surface area contributed by atoms with E-state index >= 15 is 0 Å². The van der Waals surface area contributed by atoms with E-state index in [2.05, 4.69) is 4.98 Å². The van der Waals surface area contributed by atoms with Crippen LogP contribution >= 0.6 is 0 Å². The molecule has 4 heteroatoms. The van der Waals surface area contributed by atoms with Crippen LogP contribution in [0.1, 0.15) is 5.69 Å². The lowest BCUT2D eigenvalue weighted by molar-refractivity contribution is 0.628. The number of pyridine rings is 1. The molecule has 106 valence electrons. The molecule has 1 heterocycles. The summed E-state index contributed by atoms with van der Waals surface area (Å²) in [7, 11) is 0. The van der Waals surface area contributed by atoms with Crippen molar-refractivity contribution >= 4 is 0 Å². The molecule has 0 saturated carbocycles. The summed E-state index contributed by atoms with van der Waals surface area (Å²) in [5.41, 5.74) is 2.59. The second-order valence-electron chi connectivity index (χ2n) is 4.75. The van der Waals surface area contributed by atoms with Crippen LogP contribution in [0.5, 0.6) is 0 Å². The average Bonchev–Trinajstić information content (AvgIpc) is 2.54. The Labute approximate surface area is 126 Å². The van der Waals surface area contributed by atoms with Crippen LogP contribution in [0.25, 0.3) is 22.3 Å². The Morgan fingerprint density at radius 2 is 1.45 bits per heavy atom. The number of nitriles is 1. The molecule has 3 aromatic rings. The van der Waals surface area contributed by atoms with Crippen molar-refractivity contribution in [2.75, 3.05) is 0 Å². The molecule has 0 N–H and O–H groups in total. The summed E-state index contributed by atoms with van der Waals surface area (Å²) in [6.45, 7) is 0. The van der Waals surface area contributed by atoms with Crippen molar-refractivity contribution in [1.82, 2.24) is 4.98 Å². The number of rotatable bonds is 2. The van der Waals surface area contributed by atoms with Gasteiger partial charge < -0.3 is 0 Å². The minimum atomic E-state index is -0.391. The molecule has 2 nitrogen and oxygen atoms in total. The first-order chi connectivity index (χ1) is 10.7. The van der Waals surface area contributed by atoms with E-state index in [9.17, 15) is 14.0 Å². The summed E-state index contributed by atoms with van der Waals surface area (Å²) in [6.07, 6.45) is 1.51. The van der Waals surface area contributed by atoms with Gasteiger partial charge in [0.05, 0.1) is 0 Å². The molecule has 0 aliphatic carbocycles. The van der Waals surface area contributed by atoms with Crippen molar-refractivity contribution in [2.24, 2.45) is 0 Å². The average molecular weight is 292 g/mol. The van der Waals surface area contributed by atoms with Crippen molar-refractivity contribution in [1.29, 1.82) is 5.26 Å². The lowest BCUT2D eigenvalue weighted by Gasteiger charge is -2.08. The van der Waals surface area contributed by atoms with Gasteiger partial charge in [0.15, 0.2) is 0 Å². The zero-order valence-corrected chi connectivity index (χ0v) is 11.4. The van der Waals surface area contributed by atoms with Gasteiger partial charge in [-0.25, -0.2) is 13.8 Å². The number of aromatic nitrogens is 1. The summed E-state index contributed by atoms with van der Waals surface area (Å²) in [5, 5.41) is 9.19. The first-order valence-corrected chi connectivity index (χ1v) is 6.59. The Morgan fingerprint density at radius 1 is 0.818 bits per heavy atom. The van der Waals surface area contributed by atoms with E-state index in [1.165, 1.54) is 30.5 Å². The maximum absolute atomic E-state index is 13.4. The van der Waals surface area contributed by atoms with Gasteiger partial charge in [-0.1, -0.05) is 24.3 Å². The first kappa shape index (κ1) is 13.9. The molecule has 22 heavy (non-hydrogen) atoms. The van der Waals surface area contributed by atoms with Crippen LogP contribution in [0.3, 0.4) is 0 Å². The summed E-state index contributed by atoms with van der Waals surface area (Å²) in [5.74, 6) is -0.744. The first-order valence-electron chi connectivity index (χ1n) is 6.59. The lowest BCUT2D eigenvalue weighted by atomic mass is 9.99. The number of halogens is 2. The standard InChI is InChI=1S/C18H10F2N2/c19-15-5-1-3-12(7-15)14-9-17(18(10-21)22-11-14)13-4-2-6-16(20)8-13/h1-9,11H. The molecule has 0 fully saturated rings. The van der Waals surface area contributed by atoms with Gasteiger partial charge in [-0.05, 0) is 41.5 Å². The Balaban J connectivity index is 2.17. The second-order valence-corrected chi connectivity index (χ2v) is 4.75. The molecule has 0 radical (unpaired) electrons. The van der Waals surface area contributed by atoms with Crippen LogP contribution < -0.4 is 0 Å².